The third kappa shape index (κ3) is 2.81. The summed E-state index contributed by atoms with van der Waals surface area (Å²) in [5.41, 5.74) is 1.40. The van der Waals surface area contributed by atoms with E-state index in [0.29, 0.717) is 11.1 Å². The highest BCUT2D eigenvalue weighted by atomic mass is 32.2. The zero-order valence-electron chi connectivity index (χ0n) is 10.6. The highest BCUT2D eigenvalue weighted by Gasteiger charge is 2.08. The molecule has 3 aromatic rings. The van der Waals surface area contributed by atoms with Gasteiger partial charge in [-0.3, -0.25) is 4.79 Å². The lowest BCUT2D eigenvalue weighted by Crippen LogP contribution is -2.00. The molecule has 20 heavy (non-hydrogen) atoms. The Balaban J connectivity index is 1.78. The van der Waals surface area contributed by atoms with Crippen molar-refractivity contribution in [3.8, 4) is 0 Å². The van der Waals surface area contributed by atoms with Crippen LogP contribution in [0.4, 0.5) is 0 Å². The van der Waals surface area contributed by atoms with Gasteiger partial charge in [0.25, 0.3) is 0 Å². The summed E-state index contributed by atoms with van der Waals surface area (Å²) in [7, 11) is 0. The van der Waals surface area contributed by atoms with Crippen LogP contribution in [-0.4, -0.2) is 15.0 Å². The van der Waals surface area contributed by atoms with Gasteiger partial charge in [-0.05, 0) is 30.3 Å². The summed E-state index contributed by atoms with van der Waals surface area (Å²) in [5, 5.41) is 4.13. The van der Waals surface area contributed by atoms with Crippen molar-refractivity contribution >= 4 is 17.7 Å². The van der Waals surface area contributed by atoms with Crippen LogP contribution in [0.25, 0.3) is 0 Å². The largest absolute Gasteiger partial charge is 0.289 e. The minimum atomic E-state index is 0.0428. The Morgan fingerprint density at radius 3 is 2.25 bits per heavy atom. The maximum Gasteiger partial charge on any atom is 0.193 e. The van der Waals surface area contributed by atoms with Crippen molar-refractivity contribution in [3.63, 3.8) is 0 Å². The molecule has 0 spiro atoms. The summed E-state index contributed by atoms with van der Waals surface area (Å²) in [5.74, 6) is 0.0428. The molecule has 0 atom stereocenters. The van der Waals surface area contributed by atoms with E-state index in [2.05, 4.69) is 5.10 Å². The lowest BCUT2D eigenvalue weighted by Gasteiger charge is -2.03. The molecular formula is C16H12N2OS. The minimum Gasteiger partial charge on any atom is -0.289 e. The molecule has 0 bridgehead atoms. The van der Waals surface area contributed by atoms with Crippen LogP contribution in [0.3, 0.4) is 0 Å². The van der Waals surface area contributed by atoms with Crippen LogP contribution in [-0.2, 0) is 0 Å². The van der Waals surface area contributed by atoms with Crippen molar-refractivity contribution in [1.29, 1.82) is 0 Å². The number of aromatic nitrogens is 2. The zero-order valence-corrected chi connectivity index (χ0v) is 11.5. The van der Waals surface area contributed by atoms with Crippen molar-refractivity contribution in [3.05, 3.63) is 84.2 Å². The van der Waals surface area contributed by atoms with E-state index in [0.717, 1.165) is 4.90 Å². The van der Waals surface area contributed by atoms with Crippen molar-refractivity contribution in [1.82, 2.24) is 9.19 Å². The van der Waals surface area contributed by atoms with Crippen LogP contribution in [0, 0.1) is 0 Å². The smallest absolute Gasteiger partial charge is 0.193 e. The highest BCUT2D eigenvalue weighted by molar-refractivity contribution is 7.97. The van der Waals surface area contributed by atoms with Crippen LogP contribution in [0.15, 0.2) is 78.0 Å². The summed E-state index contributed by atoms with van der Waals surface area (Å²) in [4.78, 5) is 13.3. The fourth-order valence-electron chi connectivity index (χ4n) is 1.84. The Kier molecular flexibility index (Phi) is 3.65. The lowest BCUT2D eigenvalue weighted by molar-refractivity contribution is 0.103. The van der Waals surface area contributed by atoms with E-state index in [1.54, 1.807) is 10.3 Å². The van der Waals surface area contributed by atoms with E-state index in [-0.39, 0.29) is 5.78 Å². The Hall–Kier alpha value is -2.33. The van der Waals surface area contributed by atoms with Crippen molar-refractivity contribution < 1.29 is 4.79 Å². The average molecular weight is 280 g/mol. The maximum absolute atomic E-state index is 12.3. The first kappa shape index (κ1) is 12.7. The molecule has 3 rings (SSSR count). The van der Waals surface area contributed by atoms with Crippen molar-refractivity contribution in [2.45, 2.75) is 4.90 Å². The normalized spacial score (nSPS) is 10.4. The van der Waals surface area contributed by atoms with E-state index in [1.807, 2.05) is 66.9 Å². The summed E-state index contributed by atoms with van der Waals surface area (Å²) >= 11 is 1.50. The highest BCUT2D eigenvalue weighted by Crippen LogP contribution is 2.20. The first-order valence-electron chi connectivity index (χ1n) is 6.21. The second-order valence-corrected chi connectivity index (χ2v) is 5.25. The van der Waals surface area contributed by atoms with Gasteiger partial charge in [0, 0.05) is 40.4 Å². The van der Waals surface area contributed by atoms with Gasteiger partial charge in [0.1, 0.15) is 0 Å². The van der Waals surface area contributed by atoms with Gasteiger partial charge >= 0.3 is 0 Å². The second kappa shape index (κ2) is 5.75. The van der Waals surface area contributed by atoms with Crippen LogP contribution in [0.1, 0.15) is 15.9 Å². The standard InChI is InChI=1S/C16H12N2OS/c19-16(13-5-2-1-3-6-13)14-7-9-15(10-8-14)20-18-12-4-11-17-18/h1-12H. The lowest BCUT2D eigenvalue weighted by atomic mass is 10.0. The van der Waals surface area contributed by atoms with Gasteiger partial charge in [-0.2, -0.15) is 5.10 Å². The first-order chi connectivity index (χ1) is 9.83. The molecule has 1 heterocycles. The molecule has 0 saturated carbocycles. The van der Waals surface area contributed by atoms with E-state index < -0.39 is 0 Å². The second-order valence-electron chi connectivity index (χ2n) is 4.22. The SMILES string of the molecule is O=C(c1ccccc1)c1ccc(Sn2cccn2)cc1. The number of carbonyl (C=O) groups excluding carboxylic acids is 1. The number of rotatable bonds is 4. The molecule has 0 saturated heterocycles. The molecule has 2 aromatic carbocycles. The predicted octanol–water partition coefficient (Wildman–Crippen LogP) is 3.67. The third-order valence-electron chi connectivity index (χ3n) is 2.83. The van der Waals surface area contributed by atoms with E-state index in [1.165, 1.54) is 11.9 Å². The molecule has 0 aliphatic rings. The zero-order chi connectivity index (χ0) is 13.8. The van der Waals surface area contributed by atoms with Gasteiger partial charge in [0.15, 0.2) is 5.78 Å². The third-order valence-corrected chi connectivity index (χ3v) is 3.72. The Morgan fingerprint density at radius 2 is 1.60 bits per heavy atom. The average Bonchev–Trinajstić information content (AvgIpc) is 3.01. The van der Waals surface area contributed by atoms with Crippen LogP contribution in [0.2, 0.25) is 0 Å². The Labute approximate surface area is 121 Å². The van der Waals surface area contributed by atoms with E-state index in [4.69, 9.17) is 0 Å². The molecule has 0 aliphatic heterocycles. The number of nitrogens with zero attached hydrogens (tertiary/aromatic N) is 2. The molecule has 1 aromatic heterocycles. The molecule has 0 fully saturated rings. The molecular weight excluding hydrogens is 268 g/mol. The molecule has 3 nitrogen and oxygen atoms in total. The van der Waals surface area contributed by atoms with Crippen molar-refractivity contribution in [2.24, 2.45) is 0 Å². The van der Waals surface area contributed by atoms with Gasteiger partial charge in [-0.15, -0.1) is 0 Å². The van der Waals surface area contributed by atoms with Gasteiger partial charge in [0.2, 0.25) is 0 Å². The molecule has 0 unspecified atom stereocenters. The molecule has 4 heteroatoms. The van der Waals surface area contributed by atoms with E-state index >= 15 is 0 Å². The molecule has 0 amide bonds. The fourth-order valence-corrected chi connectivity index (χ4v) is 2.55. The molecule has 0 aliphatic carbocycles. The molecule has 0 N–H and O–H groups in total. The fraction of sp³-hybridized carbons (Fsp3) is 0. The summed E-state index contributed by atoms with van der Waals surface area (Å²) in [6, 6.07) is 18.7. The number of hydrogen-bond acceptors (Lipinski definition) is 3. The summed E-state index contributed by atoms with van der Waals surface area (Å²) in [6.45, 7) is 0. The maximum atomic E-state index is 12.3. The summed E-state index contributed by atoms with van der Waals surface area (Å²) in [6.07, 6.45) is 3.62. The van der Waals surface area contributed by atoms with Gasteiger partial charge in [0.05, 0.1) is 0 Å². The number of ketones is 1. The van der Waals surface area contributed by atoms with Gasteiger partial charge in [-0.25, -0.2) is 4.09 Å². The minimum absolute atomic E-state index is 0.0428. The van der Waals surface area contributed by atoms with Crippen molar-refractivity contribution in [2.75, 3.05) is 0 Å². The van der Waals surface area contributed by atoms with Crippen LogP contribution in [0.5, 0.6) is 0 Å². The monoisotopic (exact) mass is 280 g/mol. The number of benzene rings is 2. The van der Waals surface area contributed by atoms with E-state index in [9.17, 15) is 4.79 Å². The number of hydrogen-bond donors (Lipinski definition) is 0. The van der Waals surface area contributed by atoms with Gasteiger partial charge < -0.3 is 0 Å². The first-order valence-corrected chi connectivity index (χ1v) is 6.98. The van der Waals surface area contributed by atoms with Gasteiger partial charge in [-0.1, -0.05) is 30.3 Å². The quantitative estimate of drug-likeness (QED) is 0.684. The number of carbonyl (C=O) groups is 1. The Bertz CT molecular complexity index is 691. The van der Waals surface area contributed by atoms with Crippen LogP contribution >= 0.6 is 11.9 Å². The summed E-state index contributed by atoms with van der Waals surface area (Å²) < 4.78 is 1.77. The topological polar surface area (TPSA) is 34.9 Å². The van der Waals surface area contributed by atoms with Crippen LogP contribution < -0.4 is 0 Å². The molecule has 0 radical (unpaired) electrons. The predicted molar refractivity (Wildman–Crippen MR) is 79.8 cm³/mol. The molecule has 98 valence electrons. The Morgan fingerprint density at radius 1 is 0.900 bits per heavy atom.